The van der Waals surface area contributed by atoms with Crippen molar-refractivity contribution in [1.29, 1.82) is 0 Å². The number of alkyl halides is 3. The van der Waals surface area contributed by atoms with E-state index in [4.69, 9.17) is 14.6 Å². The fraction of sp³-hybridized carbons (Fsp3) is 0.533. The second-order valence-corrected chi connectivity index (χ2v) is 5.24. The molecule has 122 valence electrons. The van der Waals surface area contributed by atoms with Gasteiger partial charge < -0.3 is 14.6 Å². The van der Waals surface area contributed by atoms with Crippen LogP contribution >= 0.6 is 0 Å². The molecule has 0 aliphatic heterocycles. The minimum atomic E-state index is -4.63. The second kappa shape index (κ2) is 6.56. The maximum absolute atomic E-state index is 13.0. The van der Waals surface area contributed by atoms with Crippen molar-refractivity contribution in [3.05, 3.63) is 29.3 Å². The van der Waals surface area contributed by atoms with Gasteiger partial charge in [-0.3, -0.25) is 0 Å². The minimum absolute atomic E-state index is 0.0213. The lowest BCUT2D eigenvalue weighted by molar-refractivity contribution is -0.144. The van der Waals surface area contributed by atoms with Crippen LogP contribution in [-0.4, -0.2) is 23.5 Å². The zero-order valence-electron chi connectivity index (χ0n) is 12.0. The highest BCUT2D eigenvalue weighted by Gasteiger charge is 2.35. The van der Waals surface area contributed by atoms with Crippen LogP contribution in [0.5, 0.6) is 5.75 Å². The molecule has 1 atom stereocenters. The van der Waals surface area contributed by atoms with Gasteiger partial charge >= 0.3 is 12.1 Å². The Kier molecular flexibility index (Phi) is 4.95. The van der Waals surface area contributed by atoms with E-state index in [1.54, 1.807) is 0 Å². The van der Waals surface area contributed by atoms with Gasteiger partial charge in [-0.25, -0.2) is 4.79 Å². The molecule has 1 aromatic rings. The molecule has 1 aromatic carbocycles. The summed E-state index contributed by atoms with van der Waals surface area (Å²) >= 11 is 0. The maximum atomic E-state index is 13.0. The summed E-state index contributed by atoms with van der Waals surface area (Å²) in [5, 5.41) is 8.90. The van der Waals surface area contributed by atoms with Gasteiger partial charge in [0.2, 0.25) is 0 Å². The molecule has 0 aromatic heterocycles. The van der Waals surface area contributed by atoms with Crippen molar-refractivity contribution in [3.8, 4) is 5.75 Å². The van der Waals surface area contributed by atoms with Crippen LogP contribution in [0.25, 0.3) is 0 Å². The van der Waals surface area contributed by atoms with Gasteiger partial charge in [0.05, 0.1) is 17.2 Å². The van der Waals surface area contributed by atoms with Crippen LogP contribution in [0.4, 0.5) is 13.2 Å². The fourth-order valence-electron chi connectivity index (χ4n) is 2.49. The molecule has 1 unspecified atom stereocenters. The average molecular weight is 318 g/mol. The van der Waals surface area contributed by atoms with Gasteiger partial charge in [-0.1, -0.05) is 12.8 Å². The molecule has 1 aliphatic carbocycles. The van der Waals surface area contributed by atoms with Crippen LogP contribution in [-0.2, 0) is 10.9 Å². The number of carboxylic acid groups (broad SMARTS) is 1. The molecule has 1 fully saturated rings. The Hall–Kier alpha value is -1.76. The van der Waals surface area contributed by atoms with Crippen molar-refractivity contribution in [1.82, 2.24) is 0 Å². The number of benzene rings is 1. The van der Waals surface area contributed by atoms with Gasteiger partial charge in [-0.05, 0) is 38.0 Å². The standard InChI is InChI=1S/C15H17F3O4/c1-9(21-11-4-2-3-5-11)22-13-8-10(14(19)20)6-7-12(13)15(16,17)18/h6-9,11H,2-5H2,1H3,(H,19,20). The van der Waals surface area contributed by atoms with E-state index in [-0.39, 0.29) is 11.7 Å². The molecule has 1 N–H and O–H groups in total. The number of ether oxygens (including phenoxy) is 2. The van der Waals surface area contributed by atoms with Crippen molar-refractivity contribution < 1.29 is 32.5 Å². The largest absolute Gasteiger partial charge is 0.478 e. The first-order valence-electron chi connectivity index (χ1n) is 7.04. The van der Waals surface area contributed by atoms with Gasteiger partial charge in [-0.15, -0.1) is 0 Å². The molecule has 0 heterocycles. The fourth-order valence-corrected chi connectivity index (χ4v) is 2.49. The lowest BCUT2D eigenvalue weighted by atomic mass is 10.1. The zero-order valence-corrected chi connectivity index (χ0v) is 12.0. The number of hydrogen-bond donors (Lipinski definition) is 1. The van der Waals surface area contributed by atoms with Gasteiger partial charge in [0.1, 0.15) is 5.75 Å². The third kappa shape index (κ3) is 4.13. The Labute approximate surface area is 125 Å². The Bertz CT molecular complexity index is 536. The molecule has 1 saturated carbocycles. The van der Waals surface area contributed by atoms with Gasteiger partial charge in [-0.2, -0.15) is 13.2 Å². The molecule has 0 spiro atoms. The highest BCUT2D eigenvalue weighted by Crippen LogP contribution is 2.37. The summed E-state index contributed by atoms with van der Waals surface area (Å²) in [6, 6.07) is 2.49. The first-order chi connectivity index (χ1) is 10.3. The van der Waals surface area contributed by atoms with Gasteiger partial charge in [0.25, 0.3) is 0 Å². The molecule has 0 radical (unpaired) electrons. The Morgan fingerprint density at radius 2 is 1.95 bits per heavy atom. The molecular weight excluding hydrogens is 301 g/mol. The summed E-state index contributed by atoms with van der Waals surface area (Å²) in [6.45, 7) is 1.51. The predicted molar refractivity (Wildman–Crippen MR) is 71.8 cm³/mol. The summed E-state index contributed by atoms with van der Waals surface area (Å²) in [6.07, 6.45) is -1.76. The van der Waals surface area contributed by atoms with Crippen LogP contribution in [0.15, 0.2) is 18.2 Å². The zero-order chi connectivity index (χ0) is 16.3. The predicted octanol–water partition coefficient (Wildman–Crippen LogP) is 4.09. The first kappa shape index (κ1) is 16.6. The third-order valence-electron chi connectivity index (χ3n) is 3.51. The summed E-state index contributed by atoms with van der Waals surface area (Å²) in [5.74, 6) is -1.85. The van der Waals surface area contributed by atoms with Crippen molar-refractivity contribution in [3.63, 3.8) is 0 Å². The lowest BCUT2D eigenvalue weighted by Crippen LogP contribution is -2.24. The molecule has 0 bridgehead atoms. The number of hydrogen-bond acceptors (Lipinski definition) is 3. The van der Waals surface area contributed by atoms with E-state index in [0.717, 1.165) is 37.8 Å². The van der Waals surface area contributed by atoms with Gasteiger partial charge in [0, 0.05) is 0 Å². The first-order valence-corrected chi connectivity index (χ1v) is 7.04. The summed E-state index contributed by atoms with van der Waals surface area (Å²) in [7, 11) is 0. The molecular formula is C15H17F3O4. The van der Waals surface area contributed by atoms with Crippen molar-refractivity contribution in [2.45, 2.75) is 51.2 Å². The molecule has 22 heavy (non-hydrogen) atoms. The van der Waals surface area contributed by atoms with E-state index in [9.17, 15) is 18.0 Å². The van der Waals surface area contributed by atoms with E-state index < -0.39 is 29.7 Å². The van der Waals surface area contributed by atoms with Crippen LogP contribution < -0.4 is 4.74 Å². The van der Waals surface area contributed by atoms with Gasteiger partial charge in [0.15, 0.2) is 6.29 Å². The monoisotopic (exact) mass is 318 g/mol. The smallest absolute Gasteiger partial charge is 0.419 e. The highest BCUT2D eigenvalue weighted by atomic mass is 19.4. The number of carboxylic acids is 1. The van der Waals surface area contributed by atoms with Crippen molar-refractivity contribution >= 4 is 5.97 Å². The summed E-state index contributed by atoms with van der Waals surface area (Å²) < 4.78 is 49.7. The quantitative estimate of drug-likeness (QED) is 0.831. The number of halogens is 3. The van der Waals surface area contributed by atoms with Crippen LogP contribution in [0.2, 0.25) is 0 Å². The van der Waals surface area contributed by atoms with E-state index in [1.807, 2.05) is 0 Å². The van der Waals surface area contributed by atoms with Crippen LogP contribution in [0.1, 0.15) is 48.5 Å². The molecule has 1 aliphatic rings. The maximum Gasteiger partial charge on any atom is 0.419 e. The van der Waals surface area contributed by atoms with Crippen molar-refractivity contribution in [2.24, 2.45) is 0 Å². The normalized spacial score (nSPS) is 17.5. The average Bonchev–Trinajstić information content (AvgIpc) is 2.89. The molecule has 4 nitrogen and oxygen atoms in total. The Morgan fingerprint density at radius 3 is 2.50 bits per heavy atom. The van der Waals surface area contributed by atoms with E-state index in [1.165, 1.54) is 6.92 Å². The van der Waals surface area contributed by atoms with Crippen LogP contribution in [0, 0.1) is 0 Å². The molecule has 0 saturated heterocycles. The Balaban J connectivity index is 2.18. The summed E-state index contributed by atoms with van der Waals surface area (Å²) in [4.78, 5) is 10.9. The highest BCUT2D eigenvalue weighted by molar-refractivity contribution is 5.88. The molecule has 2 rings (SSSR count). The number of rotatable bonds is 5. The molecule has 7 heteroatoms. The second-order valence-electron chi connectivity index (χ2n) is 5.24. The number of aromatic carboxylic acids is 1. The van der Waals surface area contributed by atoms with E-state index in [0.29, 0.717) is 6.07 Å². The van der Waals surface area contributed by atoms with E-state index in [2.05, 4.69) is 0 Å². The topological polar surface area (TPSA) is 55.8 Å². The molecule has 0 amide bonds. The van der Waals surface area contributed by atoms with Crippen LogP contribution in [0.3, 0.4) is 0 Å². The van der Waals surface area contributed by atoms with E-state index >= 15 is 0 Å². The minimum Gasteiger partial charge on any atom is -0.478 e. The summed E-state index contributed by atoms with van der Waals surface area (Å²) in [5.41, 5.74) is -1.28. The lowest BCUT2D eigenvalue weighted by Gasteiger charge is -2.22. The SMILES string of the molecule is CC(Oc1cc(C(=O)O)ccc1C(F)(F)F)OC1CCCC1. The Morgan fingerprint density at radius 1 is 1.32 bits per heavy atom. The van der Waals surface area contributed by atoms with Crippen molar-refractivity contribution in [2.75, 3.05) is 0 Å². The third-order valence-corrected chi connectivity index (χ3v) is 3.51. The number of carbonyl (C=O) groups is 1.